The number of amides is 1. The van der Waals surface area contributed by atoms with Crippen molar-refractivity contribution in [3.63, 3.8) is 0 Å². The van der Waals surface area contributed by atoms with Crippen molar-refractivity contribution >= 4 is 22.6 Å². The largest absolute Gasteiger partial charge is 0.484 e. The third kappa shape index (κ3) is 4.07. The van der Waals surface area contributed by atoms with Crippen LogP contribution in [0, 0.1) is 5.92 Å². The average molecular weight is 467 g/mol. The van der Waals surface area contributed by atoms with Gasteiger partial charge in [0.2, 0.25) is 0 Å². The van der Waals surface area contributed by atoms with Gasteiger partial charge in [0, 0.05) is 42.6 Å². The molecule has 2 aliphatic rings. The Morgan fingerprint density at radius 2 is 1.89 bits per heavy atom. The molecule has 1 atom stereocenters. The number of nitrogens with zero attached hydrogens (tertiary/aromatic N) is 4. The van der Waals surface area contributed by atoms with Crippen molar-refractivity contribution in [3.8, 4) is 17.0 Å². The zero-order chi connectivity index (χ0) is 23.8. The molecule has 1 fully saturated rings. The van der Waals surface area contributed by atoms with Crippen LogP contribution in [0.3, 0.4) is 0 Å². The van der Waals surface area contributed by atoms with Gasteiger partial charge in [0.15, 0.2) is 6.61 Å². The number of benzene rings is 2. The van der Waals surface area contributed by atoms with Crippen LogP contribution in [0.2, 0.25) is 0 Å². The highest BCUT2D eigenvalue weighted by atomic mass is 16.5. The van der Waals surface area contributed by atoms with E-state index in [1.807, 2.05) is 59.9 Å². The number of carbonyl (C=O) groups excluding carboxylic acids is 2. The van der Waals surface area contributed by atoms with Gasteiger partial charge in [-0.25, -0.2) is 4.98 Å². The molecule has 4 aromatic rings. The normalized spacial score (nSPS) is 17.3. The van der Waals surface area contributed by atoms with E-state index in [-0.39, 0.29) is 30.3 Å². The average Bonchev–Trinajstić information content (AvgIpc) is 3.50. The monoisotopic (exact) mass is 466 g/mol. The molecule has 0 saturated carbocycles. The van der Waals surface area contributed by atoms with Crippen LogP contribution >= 0.6 is 0 Å². The summed E-state index contributed by atoms with van der Waals surface area (Å²) < 4.78 is 7.87. The first-order chi connectivity index (χ1) is 17.2. The van der Waals surface area contributed by atoms with Gasteiger partial charge >= 0.3 is 0 Å². The maximum absolute atomic E-state index is 13.2. The number of rotatable bonds is 6. The lowest BCUT2D eigenvalue weighted by Crippen LogP contribution is -2.42. The summed E-state index contributed by atoms with van der Waals surface area (Å²) in [5.74, 6) is 0.849. The zero-order valence-electron chi connectivity index (χ0n) is 19.3. The third-order valence-electron chi connectivity index (χ3n) is 7.23. The number of ether oxygens (including phenoxy) is 1. The molecule has 1 saturated heterocycles. The number of ketones is 1. The quantitative estimate of drug-likeness (QED) is 0.424. The van der Waals surface area contributed by atoms with Crippen molar-refractivity contribution in [3.05, 3.63) is 78.9 Å². The summed E-state index contributed by atoms with van der Waals surface area (Å²) in [7, 11) is 0. The SMILES string of the molecule is O=C(CC1c2ccccc2-c2cncn21)C1CCN(C(=O)COc2ccc3ncccc3c2)CC1. The number of likely N-dealkylation sites (tertiary alicyclic amines) is 1. The highest BCUT2D eigenvalue weighted by molar-refractivity contribution is 5.84. The molecule has 0 radical (unpaired) electrons. The van der Waals surface area contributed by atoms with E-state index in [0.717, 1.165) is 22.2 Å². The molecule has 1 unspecified atom stereocenters. The molecule has 0 N–H and O–H groups in total. The Balaban J connectivity index is 1.03. The summed E-state index contributed by atoms with van der Waals surface area (Å²) in [6.07, 6.45) is 7.28. The molecule has 0 bridgehead atoms. The molecule has 4 heterocycles. The molecule has 7 nitrogen and oxygen atoms in total. The zero-order valence-corrected chi connectivity index (χ0v) is 19.3. The van der Waals surface area contributed by atoms with E-state index in [1.165, 1.54) is 5.56 Å². The van der Waals surface area contributed by atoms with Gasteiger partial charge in [0.05, 0.1) is 29.8 Å². The molecule has 0 aliphatic carbocycles. The number of aromatic nitrogens is 3. The Bertz CT molecular complexity index is 1400. The number of pyridine rings is 1. The van der Waals surface area contributed by atoms with Gasteiger partial charge < -0.3 is 14.2 Å². The van der Waals surface area contributed by atoms with E-state index in [2.05, 4.69) is 26.7 Å². The molecule has 35 heavy (non-hydrogen) atoms. The van der Waals surface area contributed by atoms with E-state index in [1.54, 1.807) is 6.20 Å². The second-order valence-electron chi connectivity index (χ2n) is 9.26. The van der Waals surface area contributed by atoms with Crippen LogP contribution in [0.1, 0.15) is 30.9 Å². The van der Waals surface area contributed by atoms with E-state index in [4.69, 9.17) is 4.74 Å². The van der Waals surface area contributed by atoms with Gasteiger partial charge in [0.1, 0.15) is 11.5 Å². The first-order valence-corrected chi connectivity index (χ1v) is 12.1. The van der Waals surface area contributed by atoms with Crippen LogP contribution in [0.25, 0.3) is 22.2 Å². The minimum Gasteiger partial charge on any atom is -0.484 e. The standard InChI is InChI=1S/C28H26N4O3/c33-27(15-25-22-5-1-2-6-23(22)26-16-29-18-32(25)26)19-9-12-31(13-10-19)28(34)17-35-21-7-8-24-20(14-21)4-3-11-30-24/h1-8,11,14,16,18-19,25H,9-10,12-13,15,17H2. The molecule has 6 rings (SSSR count). The second-order valence-corrected chi connectivity index (χ2v) is 9.26. The minimum atomic E-state index is -0.0463. The Morgan fingerprint density at radius 1 is 1.03 bits per heavy atom. The summed E-state index contributed by atoms with van der Waals surface area (Å²) >= 11 is 0. The molecular formula is C28H26N4O3. The summed E-state index contributed by atoms with van der Waals surface area (Å²) in [5.41, 5.74) is 4.31. The Kier molecular flexibility index (Phi) is 5.52. The van der Waals surface area contributed by atoms with Gasteiger partial charge in [0.25, 0.3) is 5.91 Å². The highest BCUT2D eigenvalue weighted by Crippen LogP contribution is 2.41. The Labute approximate surface area is 203 Å². The predicted molar refractivity (Wildman–Crippen MR) is 132 cm³/mol. The lowest BCUT2D eigenvalue weighted by Gasteiger charge is -2.31. The van der Waals surface area contributed by atoms with Crippen LogP contribution in [0.15, 0.2) is 73.3 Å². The van der Waals surface area contributed by atoms with Crippen LogP contribution in [0.5, 0.6) is 5.75 Å². The molecule has 0 spiro atoms. The van der Waals surface area contributed by atoms with Gasteiger partial charge in [-0.3, -0.25) is 14.6 Å². The van der Waals surface area contributed by atoms with Crippen LogP contribution in [-0.4, -0.2) is 50.8 Å². The molecule has 2 aromatic carbocycles. The van der Waals surface area contributed by atoms with E-state index in [9.17, 15) is 9.59 Å². The molecule has 1 amide bonds. The number of hydrogen-bond donors (Lipinski definition) is 0. The van der Waals surface area contributed by atoms with Crippen molar-refractivity contribution in [2.75, 3.05) is 19.7 Å². The lowest BCUT2D eigenvalue weighted by atomic mass is 9.87. The fraction of sp³-hybridized carbons (Fsp3) is 0.286. The van der Waals surface area contributed by atoms with E-state index < -0.39 is 0 Å². The molecule has 2 aliphatic heterocycles. The van der Waals surface area contributed by atoms with Crippen molar-refractivity contribution in [1.82, 2.24) is 19.4 Å². The van der Waals surface area contributed by atoms with Crippen molar-refractivity contribution in [1.29, 1.82) is 0 Å². The molecule has 176 valence electrons. The summed E-state index contributed by atoms with van der Waals surface area (Å²) in [6, 6.07) is 17.7. The number of fused-ring (bicyclic) bond motifs is 4. The summed E-state index contributed by atoms with van der Waals surface area (Å²) in [6.45, 7) is 1.16. The van der Waals surface area contributed by atoms with E-state index in [0.29, 0.717) is 38.1 Å². The second kappa shape index (κ2) is 8.98. The predicted octanol–water partition coefficient (Wildman–Crippen LogP) is 4.28. The van der Waals surface area contributed by atoms with E-state index >= 15 is 0 Å². The van der Waals surface area contributed by atoms with Gasteiger partial charge in [-0.05, 0) is 42.7 Å². The molecule has 7 heteroatoms. The Morgan fingerprint density at radius 3 is 2.77 bits per heavy atom. The Hall–Kier alpha value is -4.00. The molecular weight excluding hydrogens is 440 g/mol. The van der Waals surface area contributed by atoms with Crippen molar-refractivity contribution in [2.24, 2.45) is 5.92 Å². The van der Waals surface area contributed by atoms with Crippen molar-refractivity contribution < 1.29 is 14.3 Å². The minimum absolute atomic E-state index is 0.00131. The first kappa shape index (κ1) is 21.5. The fourth-order valence-electron chi connectivity index (χ4n) is 5.33. The molecule has 2 aromatic heterocycles. The highest BCUT2D eigenvalue weighted by Gasteiger charge is 2.33. The maximum atomic E-state index is 13.2. The first-order valence-electron chi connectivity index (χ1n) is 12.1. The number of Topliss-reactive ketones (excluding diaryl/α,β-unsaturated/α-hetero) is 1. The number of imidazole rings is 1. The number of piperidine rings is 1. The number of carbonyl (C=O) groups is 2. The van der Waals surface area contributed by atoms with Gasteiger partial charge in [-0.2, -0.15) is 0 Å². The topological polar surface area (TPSA) is 77.3 Å². The van der Waals surface area contributed by atoms with Crippen molar-refractivity contribution in [2.45, 2.75) is 25.3 Å². The smallest absolute Gasteiger partial charge is 0.260 e. The third-order valence-corrected chi connectivity index (χ3v) is 7.23. The fourth-order valence-corrected chi connectivity index (χ4v) is 5.33. The number of hydrogen-bond acceptors (Lipinski definition) is 5. The van der Waals surface area contributed by atoms with Crippen LogP contribution in [0.4, 0.5) is 0 Å². The lowest BCUT2D eigenvalue weighted by molar-refractivity contribution is -0.136. The summed E-state index contributed by atoms with van der Waals surface area (Å²) in [5, 5.41) is 0.976. The maximum Gasteiger partial charge on any atom is 0.260 e. The van der Waals surface area contributed by atoms with Gasteiger partial charge in [-0.1, -0.05) is 30.3 Å². The van der Waals surface area contributed by atoms with Crippen LogP contribution in [-0.2, 0) is 9.59 Å². The van der Waals surface area contributed by atoms with Gasteiger partial charge in [-0.15, -0.1) is 0 Å². The van der Waals surface area contributed by atoms with Crippen LogP contribution < -0.4 is 4.74 Å². The summed E-state index contributed by atoms with van der Waals surface area (Å²) in [4.78, 5) is 36.4.